The number of hydrogen-bond acceptors (Lipinski definition) is 3. The molecule has 5 nitrogen and oxygen atoms in total. The molecular weight excluding hydrogens is 270 g/mol. The standard InChI is InChI=1S/C16H17NO4/c1-9-7-8-11(16(20)21)13-12(9)14(18)17(15(13)19)10-5-3-2-4-6-10/h2-6,9,11-13H,7-8H2,1H3,(H,20,21). The second kappa shape index (κ2) is 4.98. The van der Waals surface area contributed by atoms with Crippen molar-refractivity contribution in [2.24, 2.45) is 23.7 Å². The Hall–Kier alpha value is -2.17. The summed E-state index contributed by atoms with van der Waals surface area (Å²) < 4.78 is 0. The third kappa shape index (κ3) is 2.04. The zero-order valence-electron chi connectivity index (χ0n) is 11.7. The second-order valence-corrected chi connectivity index (χ2v) is 5.90. The Morgan fingerprint density at radius 3 is 2.33 bits per heavy atom. The summed E-state index contributed by atoms with van der Waals surface area (Å²) in [6, 6.07) is 8.73. The minimum atomic E-state index is -0.979. The zero-order chi connectivity index (χ0) is 15.1. The topological polar surface area (TPSA) is 74.7 Å². The number of hydrogen-bond donors (Lipinski definition) is 1. The Kier molecular flexibility index (Phi) is 3.27. The molecule has 0 radical (unpaired) electrons. The van der Waals surface area contributed by atoms with Crippen LogP contribution in [-0.4, -0.2) is 22.9 Å². The van der Waals surface area contributed by atoms with Gasteiger partial charge in [0.2, 0.25) is 11.8 Å². The lowest BCUT2D eigenvalue weighted by Crippen LogP contribution is -2.39. The lowest BCUT2D eigenvalue weighted by atomic mass is 9.68. The van der Waals surface area contributed by atoms with Crippen LogP contribution in [0, 0.1) is 23.7 Å². The summed E-state index contributed by atoms with van der Waals surface area (Å²) in [6.07, 6.45) is 1.12. The van der Waals surface area contributed by atoms with Crippen molar-refractivity contribution in [1.82, 2.24) is 0 Å². The van der Waals surface area contributed by atoms with Crippen LogP contribution in [0.25, 0.3) is 0 Å². The van der Waals surface area contributed by atoms with Crippen molar-refractivity contribution in [3.8, 4) is 0 Å². The molecule has 2 fully saturated rings. The molecule has 0 aromatic heterocycles. The molecule has 5 heteroatoms. The molecule has 2 aliphatic rings. The number of anilines is 1. The van der Waals surface area contributed by atoms with Gasteiger partial charge in [0.15, 0.2) is 0 Å². The van der Waals surface area contributed by atoms with E-state index in [-0.39, 0.29) is 17.7 Å². The molecule has 4 unspecified atom stereocenters. The van der Waals surface area contributed by atoms with Crippen LogP contribution in [0.4, 0.5) is 5.69 Å². The van der Waals surface area contributed by atoms with E-state index in [0.29, 0.717) is 18.5 Å². The molecule has 21 heavy (non-hydrogen) atoms. The van der Waals surface area contributed by atoms with Crippen LogP contribution in [0.3, 0.4) is 0 Å². The first kappa shape index (κ1) is 13.8. The Morgan fingerprint density at radius 1 is 1.10 bits per heavy atom. The smallest absolute Gasteiger partial charge is 0.307 e. The van der Waals surface area contributed by atoms with E-state index in [1.54, 1.807) is 24.3 Å². The number of aliphatic carboxylic acids is 1. The number of carbonyl (C=O) groups is 3. The molecule has 1 aromatic carbocycles. The quantitative estimate of drug-likeness (QED) is 0.843. The SMILES string of the molecule is CC1CCC(C(=O)O)C2C(=O)N(c3ccccc3)C(=O)C12. The maximum absolute atomic E-state index is 12.7. The number of benzene rings is 1. The molecule has 1 aromatic rings. The number of nitrogens with zero attached hydrogens (tertiary/aromatic N) is 1. The van der Waals surface area contributed by atoms with Gasteiger partial charge < -0.3 is 5.11 Å². The van der Waals surface area contributed by atoms with Crippen LogP contribution in [-0.2, 0) is 14.4 Å². The Bertz CT molecular complexity index is 598. The largest absolute Gasteiger partial charge is 0.481 e. The zero-order valence-corrected chi connectivity index (χ0v) is 11.7. The molecule has 110 valence electrons. The predicted molar refractivity (Wildman–Crippen MR) is 75.4 cm³/mol. The minimum Gasteiger partial charge on any atom is -0.481 e. The van der Waals surface area contributed by atoms with E-state index in [1.165, 1.54) is 4.90 Å². The maximum Gasteiger partial charge on any atom is 0.307 e. The highest BCUT2D eigenvalue weighted by Gasteiger charge is 2.56. The molecule has 0 spiro atoms. The molecule has 3 rings (SSSR count). The number of para-hydroxylation sites is 1. The van der Waals surface area contributed by atoms with Gasteiger partial charge in [0.25, 0.3) is 0 Å². The van der Waals surface area contributed by atoms with Gasteiger partial charge in [-0.2, -0.15) is 0 Å². The summed E-state index contributed by atoms with van der Waals surface area (Å²) in [5.41, 5.74) is 0.526. The van der Waals surface area contributed by atoms with E-state index in [0.717, 1.165) is 0 Å². The maximum atomic E-state index is 12.7. The molecule has 1 aliphatic heterocycles. The summed E-state index contributed by atoms with van der Waals surface area (Å²) in [4.78, 5) is 37.9. The average Bonchev–Trinajstić information content (AvgIpc) is 2.73. The fourth-order valence-electron chi connectivity index (χ4n) is 3.64. The van der Waals surface area contributed by atoms with E-state index < -0.39 is 23.7 Å². The molecule has 0 bridgehead atoms. The number of imide groups is 1. The monoisotopic (exact) mass is 287 g/mol. The average molecular weight is 287 g/mol. The van der Waals surface area contributed by atoms with Crippen molar-refractivity contribution in [2.75, 3.05) is 4.90 Å². The highest BCUT2D eigenvalue weighted by atomic mass is 16.4. The van der Waals surface area contributed by atoms with Crippen LogP contribution >= 0.6 is 0 Å². The van der Waals surface area contributed by atoms with Crippen molar-refractivity contribution >= 4 is 23.5 Å². The molecule has 2 amide bonds. The van der Waals surface area contributed by atoms with E-state index >= 15 is 0 Å². The first-order chi connectivity index (χ1) is 10.0. The molecule has 1 heterocycles. The lowest BCUT2D eigenvalue weighted by molar-refractivity contribution is -0.149. The molecule has 1 saturated heterocycles. The summed E-state index contributed by atoms with van der Waals surface area (Å²) in [5, 5.41) is 9.35. The van der Waals surface area contributed by atoms with E-state index in [1.807, 2.05) is 13.0 Å². The van der Waals surface area contributed by atoms with Crippen LogP contribution in [0.2, 0.25) is 0 Å². The van der Waals surface area contributed by atoms with Crippen molar-refractivity contribution in [2.45, 2.75) is 19.8 Å². The summed E-state index contributed by atoms with van der Waals surface area (Å²) in [6.45, 7) is 1.93. The third-order valence-corrected chi connectivity index (χ3v) is 4.71. The van der Waals surface area contributed by atoms with Gasteiger partial charge in [0, 0.05) is 0 Å². The Morgan fingerprint density at radius 2 is 1.71 bits per heavy atom. The molecule has 1 N–H and O–H groups in total. The van der Waals surface area contributed by atoms with Gasteiger partial charge in [0.1, 0.15) is 0 Å². The van der Waals surface area contributed by atoms with Crippen molar-refractivity contribution < 1.29 is 19.5 Å². The number of rotatable bonds is 2. The number of carboxylic acids is 1. The van der Waals surface area contributed by atoms with Crippen molar-refractivity contribution in [1.29, 1.82) is 0 Å². The lowest BCUT2D eigenvalue weighted by Gasteiger charge is -2.32. The van der Waals surface area contributed by atoms with Gasteiger partial charge in [-0.15, -0.1) is 0 Å². The van der Waals surface area contributed by atoms with Gasteiger partial charge >= 0.3 is 5.97 Å². The van der Waals surface area contributed by atoms with Crippen molar-refractivity contribution in [3.05, 3.63) is 30.3 Å². The fraction of sp³-hybridized carbons (Fsp3) is 0.438. The summed E-state index contributed by atoms with van der Waals surface area (Å²) in [7, 11) is 0. The van der Waals surface area contributed by atoms with E-state index in [2.05, 4.69) is 0 Å². The van der Waals surface area contributed by atoms with E-state index in [4.69, 9.17) is 0 Å². The van der Waals surface area contributed by atoms with Gasteiger partial charge in [-0.05, 0) is 30.9 Å². The van der Waals surface area contributed by atoms with Crippen LogP contribution in [0.1, 0.15) is 19.8 Å². The van der Waals surface area contributed by atoms with Crippen LogP contribution in [0.5, 0.6) is 0 Å². The molecule has 4 atom stereocenters. The van der Waals surface area contributed by atoms with Crippen LogP contribution < -0.4 is 4.90 Å². The summed E-state index contributed by atoms with van der Waals surface area (Å²) >= 11 is 0. The van der Waals surface area contributed by atoms with Gasteiger partial charge in [0.05, 0.1) is 23.4 Å². The van der Waals surface area contributed by atoms with E-state index in [9.17, 15) is 19.5 Å². The fourth-order valence-corrected chi connectivity index (χ4v) is 3.64. The molecule has 1 saturated carbocycles. The third-order valence-electron chi connectivity index (χ3n) is 4.71. The first-order valence-electron chi connectivity index (χ1n) is 7.18. The normalized spacial score (nSPS) is 32.1. The minimum absolute atomic E-state index is 0.0377. The van der Waals surface area contributed by atoms with Crippen molar-refractivity contribution in [3.63, 3.8) is 0 Å². The Balaban J connectivity index is 2.02. The number of carboxylic acid groups (broad SMARTS) is 1. The van der Waals surface area contributed by atoms with Gasteiger partial charge in [-0.3, -0.25) is 19.3 Å². The highest BCUT2D eigenvalue weighted by Crippen LogP contribution is 2.46. The molecular formula is C16H17NO4. The van der Waals surface area contributed by atoms with Gasteiger partial charge in [-0.1, -0.05) is 25.1 Å². The van der Waals surface area contributed by atoms with Crippen LogP contribution in [0.15, 0.2) is 30.3 Å². The predicted octanol–water partition coefficient (Wildman–Crippen LogP) is 1.92. The Labute approximate surface area is 122 Å². The van der Waals surface area contributed by atoms with Gasteiger partial charge in [-0.25, -0.2) is 0 Å². The summed E-state index contributed by atoms with van der Waals surface area (Å²) in [5.74, 6) is -3.55. The number of carbonyl (C=O) groups excluding carboxylic acids is 2. The molecule has 1 aliphatic carbocycles. The highest BCUT2D eigenvalue weighted by molar-refractivity contribution is 6.22. The number of fused-ring (bicyclic) bond motifs is 1. The first-order valence-corrected chi connectivity index (χ1v) is 7.18. The number of amides is 2. The second-order valence-electron chi connectivity index (χ2n) is 5.90.